The Balaban J connectivity index is 2.30. The van der Waals surface area contributed by atoms with Crippen LogP contribution >= 0.6 is 23.2 Å². The van der Waals surface area contributed by atoms with Crippen LogP contribution in [0.25, 0.3) is 0 Å². The van der Waals surface area contributed by atoms with E-state index in [4.69, 9.17) is 28.3 Å². The number of sulfonamides is 1. The molecule has 0 bridgehead atoms. The lowest BCUT2D eigenvalue weighted by Gasteiger charge is -2.16. The number of benzene rings is 1. The molecule has 1 aromatic carbocycles. The molecule has 1 fully saturated rings. The van der Waals surface area contributed by atoms with Gasteiger partial charge in [-0.25, -0.2) is 13.6 Å². The van der Waals surface area contributed by atoms with Gasteiger partial charge in [-0.1, -0.05) is 23.2 Å². The number of carbonyl (C=O) groups is 1. The van der Waals surface area contributed by atoms with Crippen LogP contribution in [0.15, 0.2) is 18.2 Å². The quantitative estimate of drug-likeness (QED) is 0.896. The number of anilines is 1. The molecule has 2 N–H and O–H groups in total. The van der Waals surface area contributed by atoms with Gasteiger partial charge in [-0.15, -0.1) is 0 Å². The zero-order chi connectivity index (χ0) is 13.5. The molecule has 18 heavy (non-hydrogen) atoms. The van der Waals surface area contributed by atoms with Crippen molar-refractivity contribution in [3.05, 3.63) is 28.2 Å². The van der Waals surface area contributed by atoms with Crippen LogP contribution in [0.1, 0.15) is 6.42 Å². The topological polar surface area (TPSA) is 80.5 Å². The third-order valence-electron chi connectivity index (χ3n) is 2.77. The first-order valence-electron chi connectivity index (χ1n) is 5.06. The average molecular weight is 309 g/mol. The van der Waals surface area contributed by atoms with Crippen molar-refractivity contribution in [3.8, 4) is 0 Å². The van der Waals surface area contributed by atoms with Gasteiger partial charge in [0.1, 0.15) is 5.25 Å². The van der Waals surface area contributed by atoms with Crippen LogP contribution in [-0.2, 0) is 14.8 Å². The van der Waals surface area contributed by atoms with Crippen LogP contribution in [-0.4, -0.2) is 26.1 Å². The van der Waals surface area contributed by atoms with Crippen molar-refractivity contribution >= 4 is 44.8 Å². The van der Waals surface area contributed by atoms with Gasteiger partial charge in [-0.2, -0.15) is 0 Å². The van der Waals surface area contributed by atoms with E-state index in [2.05, 4.69) is 0 Å². The van der Waals surface area contributed by atoms with Crippen LogP contribution in [0, 0.1) is 0 Å². The van der Waals surface area contributed by atoms with E-state index in [1.54, 1.807) is 12.1 Å². The van der Waals surface area contributed by atoms with Crippen molar-refractivity contribution in [2.24, 2.45) is 5.14 Å². The summed E-state index contributed by atoms with van der Waals surface area (Å²) in [6, 6.07) is 4.68. The minimum Gasteiger partial charge on any atom is -0.311 e. The van der Waals surface area contributed by atoms with E-state index in [1.807, 2.05) is 0 Å². The smallest absolute Gasteiger partial charge is 0.228 e. The summed E-state index contributed by atoms with van der Waals surface area (Å²) in [4.78, 5) is 13.1. The van der Waals surface area contributed by atoms with Crippen molar-refractivity contribution in [1.29, 1.82) is 0 Å². The molecular weight excluding hydrogens is 299 g/mol. The lowest BCUT2D eigenvalue weighted by molar-refractivity contribution is -0.117. The molecule has 1 aliphatic rings. The summed E-state index contributed by atoms with van der Waals surface area (Å²) in [5.41, 5.74) is 0.514. The van der Waals surface area contributed by atoms with Crippen LogP contribution in [0.4, 0.5) is 5.69 Å². The molecule has 1 unspecified atom stereocenters. The van der Waals surface area contributed by atoms with Crippen molar-refractivity contribution < 1.29 is 13.2 Å². The van der Waals surface area contributed by atoms with Gasteiger partial charge in [-0.3, -0.25) is 4.79 Å². The fraction of sp³-hybridized carbons (Fsp3) is 0.300. The number of rotatable bonds is 2. The summed E-state index contributed by atoms with van der Waals surface area (Å²) in [6.07, 6.45) is -0.112. The Morgan fingerprint density at radius 1 is 1.28 bits per heavy atom. The highest BCUT2D eigenvalue weighted by Gasteiger charge is 2.37. The Hall–Kier alpha value is -0.820. The second kappa shape index (κ2) is 4.70. The van der Waals surface area contributed by atoms with Crippen LogP contribution in [0.3, 0.4) is 0 Å². The van der Waals surface area contributed by atoms with E-state index in [-0.39, 0.29) is 18.9 Å². The first kappa shape index (κ1) is 13.6. The van der Waals surface area contributed by atoms with Gasteiger partial charge in [0, 0.05) is 18.7 Å². The molecule has 1 aliphatic heterocycles. The number of carbonyl (C=O) groups excluding carboxylic acids is 1. The minimum absolute atomic E-state index is 0.0373. The summed E-state index contributed by atoms with van der Waals surface area (Å²) in [5, 5.41) is 4.84. The molecule has 0 aliphatic carbocycles. The molecule has 0 aromatic heterocycles. The first-order valence-corrected chi connectivity index (χ1v) is 7.42. The summed E-state index contributed by atoms with van der Waals surface area (Å²) in [6.45, 7) is 0.0373. The Labute approximate surface area is 115 Å². The maximum atomic E-state index is 11.8. The van der Waals surface area contributed by atoms with E-state index >= 15 is 0 Å². The van der Waals surface area contributed by atoms with Crippen molar-refractivity contribution in [3.63, 3.8) is 0 Å². The highest BCUT2D eigenvalue weighted by Crippen LogP contribution is 2.30. The van der Waals surface area contributed by atoms with E-state index in [1.165, 1.54) is 11.0 Å². The molecule has 8 heteroatoms. The molecule has 2 rings (SSSR count). The van der Waals surface area contributed by atoms with Gasteiger partial charge in [-0.05, 0) is 18.2 Å². The second-order valence-corrected chi connectivity index (χ2v) is 6.68. The molecule has 0 spiro atoms. The molecule has 98 valence electrons. The summed E-state index contributed by atoms with van der Waals surface area (Å²) in [7, 11) is -3.72. The monoisotopic (exact) mass is 308 g/mol. The van der Waals surface area contributed by atoms with Gasteiger partial charge in [0.15, 0.2) is 0 Å². The third kappa shape index (κ3) is 2.61. The molecule has 1 heterocycles. The third-order valence-corrected chi connectivity index (χ3v) is 4.75. The first-order chi connectivity index (χ1) is 8.29. The number of hydrogen-bond donors (Lipinski definition) is 1. The molecule has 5 nitrogen and oxygen atoms in total. The Bertz CT molecular complexity index is 603. The Morgan fingerprint density at radius 2 is 1.94 bits per heavy atom. The van der Waals surface area contributed by atoms with E-state index < -0.39 is 15.3 Å². The molecule has 1 atom stereocenters. The van der Waals surface area contributed by atoms with Crippen molar-refractivity contribution in [2.75, 3.05) is 11.4 Å². The van der Waals surface area contributed by atoms with Crippen molar-refractivity contribution in [2.45, 2.75) is 11.7 Å². The molecule has 0 radical (unpaired) electrons. The molecular formula is C10H10Cl2N2O3S. The SMILES string of the molecule is NS(=O)(=O)C1CC(=O)N(c2ccc(Cl)c(Cl)c2)C1. The molecule has 1 amide bonds. The largest absolute Gasteiger partial charge is 0.311 e. The fourth-order valence-electron chi connectivity index (χ4n) is 1.80. The highest BCUT2D eigenvalue weighted by molar-refractivity contribution is 7.89. The molecule has 1 aromatic rings. The summed E-state index contributed by atoms with van der Waals surface area (Å²) < 4.78 is 22.5. The fourth-order valence-corrected chi connectivity index (χ4v) is 2.82. The maximum Gasteiger partial charge on any atom is 0.228 e. The zero-order valence-corrected chi connectivity index (χ0v) is 11.5. The van der Waals surface area contributed by atoms with Crippen LogP contribution in [0.2, 0.25) is 10.0 Å². The highest BCUT2D eigenvalue weighted by atomic mass is 35.5. The van der Waals surface area contributed by atoms with Gasteiger partial charge in [0.25, 0.3) is 0 Å². The maximum absolute atomic E-state index is 11.8. The van der Waals surface area contributed by atoms with Crippen molar-refractivity contribution in [1.82, 2.24) is 0 Å². The van der Waals surface area contributed by atoms with Gasteiger partial charge >= 0.3 is 0 Å². The lowest BCUT2D eigenvalue weighted by Crippen LogP contribution is -2.32. The summed E-state index contributed by atoms with van der Waals surface area (Å²) >= 11 is 11.6. The zero-order valence-electron chi connectivity index (χ0n) is 9.14. The van der Waals surface area contributed by atoms with Gasteiger partial charge < -0.3 is 4.90 Å². The molecule has 0 saturated carbocycles. The normalized spacial score (nSPS) is 20.5. The number of primary sulfonamides is 1. The van der Waals surface area contributed by atoms with Gasteiger partial charge in [0.05, 0.1) is 10.0 Å². The van der Waals surface area contributed by atoms with Gasteiger partial charge in [0.2, 0.25) is 15.9 Å². The standard InChI is InChI=1S/C10H10Cl2N2O3S/c11-8-2-1-6(3-9(8)12)14-5-7(4-10(14)15)18(13,16)17/h1-3,7H,4-5H2,(H2,13,16,17). The average Bonchev–Trinajstić information content (AvgIpc) is 2.64. The number of nitrogens with two attached hydrogens (primary N) is 1. The number of halogens is 2. The second-order valence-electron chi connectivity index (χ2n) is 4.02. The number of nitrogens with zero attached hydrogens (tertiary/aromatic N) is 1. The van der Waals surface area contributed by atoms with E-state index in [0.29, 0.717) is 15.7 Å². The Morgan fingerprint density at radius 3 is 2.44 bits per heavy atom. The van der Waals surface area contributed by atoms with E-state index in [9.17, 15) is 13.2 Å². The summed E-state index contributed by atoms with van der Waals surface area (Å²) in [5.74, 6) is -0.299. The minimum atomic E-state index is -3.72. The van der Waals surface area contributed by atoms with E-state index in [0.717, 1.165) is 0 Å². The predicted octanol–water partition coefficient (Wildman–Crippen LogP) is 1.39. The van der Waals surface area contributed by atoms with Crippen LogP contribution < -0.4 is 10.0 Å². The lowest BCUT2D eigenvalue weighted by atomic mass is 10.3. The molecule has 1 saturated heterocycles. The number of hydrogen-bond acceptors (Lipinski definition) is 3. The van der Waals surface area contributed by atoms with Crippen LogP contribution in [0.5, 0.6) is 0 Å². The Kier molecular flexibility index (Phi) is 3.55. The predicted molar refractivity (Wildman–Crippen MR) is 70.3 cm³/mol. The number of amides is 1.